The van der Waals surface area contributed by atoms with Crippen molar-refractivity contribution in [1.29, 1.82) is 0 Å². The Bertz CT molecular complexity index is 860. The lowest BCUT2D eigenvalue weighted by Gasteiger charge is -2.04. The van der Waals surface area contributed by atoms with Crippen molar-refractivity contribution in [2.24, 2.45) is 0 Å². The number of para-hydroxylation sites is 2. The lowest BCUT2D eigenvalue weighted by atomic mass is 9.99. The van der Waals surface area contributed by atoms with Crippen LogP contribution in [0.5, 0.6) is 11.5 Å². The van der Waals surface area contributed by atoms with Crippen molar-refractivity contribution in [1.82, 2.24) is 0 Å². The molecule has 1 aliphatic rings. The van der Waals surface area contributed by atoms with E-state index < -0.39 is 0 Å². The highest BCUT2D eigenvalue weighted by Gasteiger charge is 2.21. The van der Waals surface area contributed by atoms with E-state index in [1.807, 2.05) is 42.5 Å². The molecule has 0 bridgehead atoms. The van der Waals surface area contributed by atoms with Crippen LogP contribution in [0.15, 0.2) is 77.3 Å². The third-order valence-electron chi connectivity index (χ3n) is 3.58. The van der Waals surface area contributed by atoms with Crippen LogP contribution in [-0.4, -0.2) is 10.9 Å². The molecule has 120 valence electrons. The lowest BCUT2D eigenvalue weighted by Crippen LogP contribution is -2.02. The van der Waals surface area contributed by atoms with Gasteiger partial charge in [0.25, 0.3) is 0 Å². The number of rotatable bonds is 0. The summed E-state index contributed by atoms with van der Waals surface area (Å²) in [4.78, 5) is 12.3. The van der Waals surface area contributed by atoms with Gasteiger partial charge in [0.15, 0.2) is 5.78 Å². The molecule has 0 unspecified atom stereocenters. The summed E-state index contributed by atoms with van der Waals surface area (Å²) >= 11 is 3.40. The average molecular weight is 383 g/mol. The van der Waals surface area contributed by atoms with E-state index in [0.29, 0.717) is 23.7 Å². The van der Waals surface area contributed by atoms with Crippen LogP contribution in [0.25, 0.3) is 0 Å². The van der Waals surface area contributed by atoms with Crippen molar-refractivity contribution in [3.63, 3.8) is 0 Å². The number of fused-ring (bicyclic) bond motifs is 2. The Morgan fingerprint density at radius 1 is 0.875 bits per heavy atom. The van der Waals surface area contributed by atoms with Gasteiger partial charge in [-0.15, -0.1) is 0 Å². The van der Waals surface area contributed by atoms with E-state index in [4.69, 9.17) is 9.84 Å². The first-order valence-corrected chi connectivity index (χ1v) is 8.23. The van der Waals surface area contributed by atoms with E-state index in [2.05, 4.69) is 15.9 Å². The Hall–Kier alpha value is -2.59. The molecule has 0 spiro atoms. The minimum Gasteiger partial charge on any atom is -0.508 e. The molecule has 0 aromatic heterocycles. The first kappa shape index (κ1) is 16.3. The third kappa shape index (κ3) is 3.66. The highest BCUT2D eigenvalue weighted by atomic mass is 79.9. The molecule has 4 rings (SSSR count). The fraction of sp³-hybridized carbons (Fsp3) is 0.0500. The maximum Gasteiger partial charge on any atom is 0.197 e. The molecule has 0 aliphatic carbocycles. The van der Waals surface area contributed by atoms with Gasteiger partial charge in [-0.2, -0.15) is 0 Å². The fourth-order valence-corrected chi connectivity index (χ4v) is 2.82. The number of aromatic hydroxyl groups is 1. The van der Waals surface area contributed by atoms with Gasteiger partial charge in [-0.05, 0) is 42.5 Å². The molecule has 3 aromatic carbocycles. The topological polar surface area (TPSA) is 46.5 Å². The number of ketones is 1. The van der Waals surface area contributed by atoms with Crippen molar-refractivity contribution in [3.8, 4) is 11.5 Å². The van der Waals surface area contributed by atoms with E-state index in [1.54, 1.807) is 30.3 Å². The number of hydrogen-bond donors (Lipinski definition) is 1. The van der Waals surface area contributed by atoms with E-state index in [-0.39, 0.29) is 5.78 Å². The molecule has 0 radical (unpaired) electrons. The quantitative estimate of drug-likeness (QED) is 0.597. The maximum atomic E-state index is 12.3. The van der Waals surface area contributed by atoms with Crippen LogP contribution in [-0.2, 0) is 6.61 Å². The van der Waals surface area contributed by atoms with Gasteiger partial charge in [0, 0.05) is 15.6 Å². The molecule has 4 heteroatoms. The van der Waals surface area contributed by atoms with Gasteiger partial charge in [-0.25, -0.2) is 0 Å². The van der Waals surface area contributed by atoms with Crippen LogP contribution in [0, 0.1) is 0 Å². The van der Waals surface area contributed by atoms with Crippen molar-refractivity contribution >= 4 is 21.7 Å². The summed E-state index contributed by atoms with van der Waals surface area (Å²) in [6, 6.07) is 21.7. The molecular weight excluding hydrogens is 368 g/mol. The predicted octanol–water partition coefficient (Wildman–Crippen LogP) is 4.96. The summed E-state index contributed by atoms with van der Waals surface area (Å²) in [5, 5.41) is 8.63. The summed E-state index contributed by atoms with van der Waals surface area (Å²) in [7, 11) is 0. The zero-order chi connectivity index (χ0) is 16.9. The fourth-order valence-electron chi connectivity index (χ4n) is 2.41. The Kier molecular flexibility index (Phi) is 4.96. The molecule has 3 aromatic rings. The molecule has 0 amide bonds. The van der Waals surface area contributed by atoms with E-state index >= 15 is 0 Å². The minimum atomic E-state index is 0.0283. The van der Waals surface area contributed by atoms with E-state index in [1.165, 1.54) is 0 Å². The number of benzene rings is 3. The maximum absolute atomic E-state index is 12.3. The van der Waals surface area contributed by atoms with Crippen molar-refractivity contribution in [2.75, 3.05) is 0 Å². The van der Waals surface area contributed by atoms with Crippen LogP contribution < -0.4 is 4.74 Å². The number of phenols is 1. The van der Waals surface area contributed by atoms with Gasteiger partial charge in [0.2, 0.25) is 0 Å². The molecule has 0 fully saturated rings. The Balaban J connectivity index is 0.000000203. The first-order valence-electron chi connectivity index (χ1n) is 7.44. The summed E-state index contributed by atoms with van der Waals surface area (Å²) in [5.41, 5.74) is 2.27. The molecule has 3 nitrogen and oxygen atoms in total. The summed E-state index contributed by atoms with van der Waals surface area (Å²) < 4.78 is 6.62. The molecule has 1 heterocycles. The predicted molar refractivity (Wildman–Crippen MR) is 96.5 cm³/mol. The van der Waals surface area contributed by atoms with Crippen LogP contribution in [0.4, 0.5) is 0 Å². The van der Waals surface area contributed by atoms with Gasteiger partial charge in [-0.3, -0.25) is 4.79 Å². The number of phenolic OH excluding ortho intramolecular Hbond substituents is 1. The largest absolute Gasteiger partial charge is 0.508 e. The number of carbonyl (C=O) groups is 1. The molecule has 0 saturated heterocycles. The monoisotopic (exact) mass is 382 g/mol. The van der Waals surface area contributed by atoms with Crippen LogP contribution >= 0.6 is 15.9 Å². The Morgan fingerprint density at radius 3 is 2.29 bits per heavy atom. The number of halogens is 1. The van der Waals surface area contributed by atoms with Crippen molar-refractivity contribution in [3.05, 3.63) is 94.0 Å². The molecule has 0 saturated carbocycles. The minimum absolute atomic E-state index is 0.0283. The zero-order valence-corrected chi connectivity index (χ0v) is 14.4. The van der Waals surface area contributed by atoms with E-state index in [0.717, 1.165) is 15.6 Å². The highest BCUT2D eigenvalue weighted by Crippen LogP contribution is 2.29. The van der Waals surface area contributed by atoms with Gasteiger partial charge in [-0.1, -0.05) is 46.3 Å². The Labute approximate surface area is 148 Å². The molecule has 0 atom stereocenters. The van der Waals surface area contributed by atoms with Gasteiger partial charge >= 0.3 is 0 Å². The molecule has 24 heavy (non-hydrogen) atoms. The van der Waals surface area contributed by atoms with Crippen LogP contribution in [0.1, 0.15) is 21.5 Å². The second-order valence-corrected chi connectivity index (χ2v) is 6.17. The average Bonchev–Trinajstić information content (AvgIpc) is 2.74. The smallest absolute Gasteiger partial charge is 0.197 e. The number of carbonyl (C=O) groups excluding carboxylic acids is 1. The number of hydrogen-bond acceptors (Lipinski definition) is 3. The summed E-state index contributed by atoms with van der Waals surface area (Å²) in [6.07, 6.45) is 0. The molecular formula is C20H15BrO3. The highest BCUT2D eigenvalue weighted by molar-refractivity contribution is 9.10. The standard InChI is InChI=1S/C14H9BrO2.C6H6O/c15-10-5-6-11-9(7-10)8-17-13-4-2-1-3-12(13)14(11)16;7-6-4-2-1-3-5-6/h1-7H,8H2;1-5,7H. The van der Waals surface area contributed by atoms with Crippen molar-refractivity contribution < 1.29 is 14.6 Å². The number of ether oxygens (including phenoxy) is 1. The third-order valence-corrected chi connectivity index (χ3v) is 4.08. The molecule has 1 N–H and O–H groups in total. The second-order valence-electron chi connectivity index (χ2n) is 5.25. The van der Waals surface area contributed by atoms with Crippen LogP contribution in [0.3, 0.4) is 0 Å². The van der Waals surface area contributed by atoms with Gasteiger partial charge < -0.3 is 9.84 Å². The van der Waals surface area contributed by atoms with Crippen LogP contribution in [0.2, 0.25) is 0 Å². The van der Waals surface area contributed by atoms with E-state index in [9.17, 15) is 4.79 Å². The first-order chi connectivity index (χ1) is 11.6. The summed E-state index contributed by atoms with van der Waals surface area (Å²) in [5.74, 6) is 1.01. The lowest BCUT2D eigenvalue weighted by molar-refractivity contribution is 0.103. The van der Waals surface area contributed by atoms with Gasteiger partial charge in [0.05, 0.1) is 5.56 Å². The summed E-state index contributed by atoms with van der Waals surface area (Å²) in [6.45, 7) is 0.428. The SMILES string of the molecule is O=C1c2ccc(Br)cc2COc2ccccc21.Oc1ccccc1. The molecule has 1 aliphatic heterocycles. The second kappa shape index (κ2) is 7.32. The Morgan fingerprint density at radius 2 is 1.58 bits per heavy atom. The normalized spacial score (nSPS) is 12.0. The van der Waals surface area contributed by atoms with Crippen molar-refractivity contribution in [2.45, 2.75) is 6.61 Å². The zero-order valence-electron chi connectivity index (χ0n) is 12.8. The van der Waals surface area contributed by atoms with Gasteiger partial charge in [0.1, 0.15) is 18.1 Å².